The Labute approximate surface area is 158 Å². The van der Waals surface area contributed by atoms with Crippen LogP contribution >= 0.6 is 23.2 Å². The molecule has 1 amide bonds. The van der Waals surface area contributed by atoms with Crippen LogP contribution in [0.15, 0.2) is 36.4 Å². The van der Waals surface area contributed by atoms with Crippen LogP contribution in [0.2, 0.25) is 10.0 Å². The van der Waals surface area contributed by atoms with Gasteiger partial charge in [-0.05, 0) is 74.6 Å². The van der Waals surface area contributed by atoms with E-state index in [4.69, 9.17) is 27.9 Å². The molecule has 1 fully saturated rings. The summed E-state index contributed by atoms with van der Waals surface area (Å²) in [5.41, 5.74) is 2.16. The predicted octanol–water partition coefficient (Wildman–Crippen LogP) is 5.76. The zero-order chi connectivity index (χ0) is 18.1. The average Bonchev–Trinajstić information content (AvgIpc) is 3.43. The molecule has 0 spiro atoms. The van der Waals surface area contributed by atoms with E-state index < -0.39 is 0 Å². The van der Waals surface area contributed by atoms with Crippen LogP contribution in [0.4, 0.5) is 5.69 Å². The number of amides is 1. The maximum Gasteiger partial charge on any atom is 0.260 e. The molecule has 0 saturated heterocycles. The van der Waals surface area contributed by atoms with Gasteiger partial charge in [0.2, 0.25) is 0 Å². The molecule has 0 heterocycles. The van der Waals surface area contributed by atoms with Gasteiger partial charge in [-0.25, -0.2) is 0 Å². The van der Waals surface area contributed by atoms with Gasteiger partial charge >= 0.3 is 0 Å². The van der Waals surface area contributed by atoms with E-state index in [9.17, 15) is 4.79 Å². The second-order valence-corrected chi connectivity index (χ2v) is 7.35. The molecular weight excluding hydrogens is 357 g/mol. The molecule has 1 atom stereocenters. The van der Waals surface area contributed by atoms with Gasteiger partial charge in [0.1, 0.15) is 5.75 Å². The van der Waals surface area contributed by atoms with E-state index in [1.54, 1.807) is 19.2 Å². The molecule has 1 aliphatic rings. The number of anilines is 1. The number of ether oxygens (including phenoxy) is 1. The fourth-order valence-corrected chi connectivity index (χ4v) is 3.48. The largest absolute Gasteiger partial charge is 0.497 e. The first kappa shape index (κ1) is 18.1. The van der Waals surface area contributed by atoms with Crippen molar-refractivity contribution in [2.45, 2.75) is 32.7 Å². The molecule has 5 heteroatoms. The highest BCUT2D eigenvalue weighted by atomic mass is 35.5. The number of benzene rings is 2. The number of rotatable bonds is 5. The Bertz CT molecular complexity index is 785. The summed E-state index contributed by atoms with van der Waals surface area (Å²) in [6.45, 7) is 3.97. The number of carbonyl (C=O) groups is 1. The van der Waals surface area contributed by atoms with Gasteiger partial charge in [-0.2, -0.15) is 0 Å². The first-order valence-electron chi connectivity index (χ1n) is 8.35. The van der Waals surface area contributed by atoms with Crippen LogP contribution in [0.3, 0.4) is 0 Å². The van der Waals surface area contributed by atoms with Gasteiger partial charge in [-0.3, -0.25) is 4.79 Å². The minimum absolute atomic E-state index is 0.102. The summed E-state index contributed by atoms with van der Waals surface area (Å²) in [7, 11) is 1.63. The molecule has 0 bridgehead atoms. The van der Waals surface area contributed by atoms with Crippen molar-refractivity contribution in [2.75, 3.05) is 12.0 Å². The third-order valence-corrected chi connectivity index (χ3v) is 5.48. The van der Waals surface area contributed by atoms with Gasteiger partial charge in [0.05, 0.1) is 17.7 Å². The predicted molar refractivity (Wildman–Crippen MR) is 103 cm³/mol. The molecule has 1 aliphatic carbocycles. The van der Waals surface area contributed by atoms with Crippen molar-refractivity contribution in [3.63, 3.8) is 0 Å². The van der Waals surface area contributed by atoms with Gasteiger partial charge < -0.3 is 9.64 Å². The third kappa shape index (κ3) is 3.78. The van der Waals surface area contributed by atoms with Crippen molar-refractivity contribution in [1.29, 1.82) is 0 Å². The number of halogens is 2. The van der Waals surface area contributed by atoms with Gasteiger partial charge in [-0.1, -0.05) is 23.2 Å². The fraction of sp³-hybridized carbons (Fsp3) is 0.350. The summed E-state index contributed by atoms with van der Waals surface area (Å²) in [5.74, 6) is 1.18. The normalized spacial score (nSPS) is 14.9. The van der Waals surface area contributed by atoms with Crippen LogP contribution in [0.5, 0.6) is 5.75 Å². The lowest BCUT2D eigenvalue weighted by molar-refractivity contribution is 0.0975. The number of hydrogen-bond acceptors (Lipinski definition) is 2. The van der Waals surface area contributed by atoms with Gasteiger partial charge in [-0.15, -0.1) is 0 Å². The first-order valence-corrected chi connectivity index (χ1v) is 9.11. The van der Waals surface area contributed by atoms with E-state index >= 15 is 0 Å². The van der Waals surface area contributed by atoms with E-state index in [1.165, 1.54) is 0 Å². The maximum atomic E-state index is 13.3. The Morgan fingerprint density at radius 1 is 1.16 bits per heavy atom. The first-order chi connectivity index (χ1) is 11.9. The smallest absolute Gasteiger partial charge is 0.260 e. The van der Waals surface area contributed by atoms with E-state index in [1.807, 2.05) is 36.1 Å². The van der Waals surface area contributed by atoms with Crippen LogP contribution in [-0.2, 0) is 0 Å². The van der Waals surface area contributed by atoms with Gasteiger partial charge in [0.25, 0.3) is 5.91 Å². The maximum absolute atomic E-state index is 13.3. The Balaban J connectivity index is 2.01. The molecule has 1 unspecified atom stereocenters. The molecule has 0 aromatic heterocycles. The van der Waals surface area contributed by atoms with Crippen LogP contribution in [0.1, 0.15) is 35.7 Å². The average molecular weight is 378 g/mol. The standard InChI is InChI=1S/C20H21Cl2NO2/c1-12-10-17(19(22)11-18(12)21)20(24)23(13(2)14-4-5-14)15-6-8-16(25-3)9-7-15/h6-11,13-14H,4-5H2,1-3H3. The minimum Gasteiger partial charge on any atom is -0.497 e. The Kier molecular flexibility index (Phi) is 5.26. The van der Waals surface area contributed by atoms with E-state index in [2.05, 4.69) is 6.92 Å². The summed E-state index contributed by atoms with van der Waals surface area (Å²) in [6.07, 6.45) is 2.29. The van der Waals surface area contributed by atoms with Crippen molar-refractivity contribution in [1.82, 2.24) is 0 Å². The fourth-order valence-electron chi connectivity index (χ4n) is 3.02. The number of nitrogens with zero attached hydrogens (tertiary/aromatic N) is 1. The highest BCUT2D eigenvalue weighted by molar-refractivity contribution is 6.37. The lowest BCUT2D eigenvalue weighted by atomic mass is 10.1. The van der Waals surface area contributed by atoms with Crippen LogP contribution < -0.4 is 9.64 Å². The molecule has 0 aliphatic heterocycles. The van der Waals surface area contributed by atoms with Crippen molar-refractivity contribution < 1.29 is 9.53 Å². The van der Waals surface area contributed by atoms with Crippen molar-refractivity contribution in [2.24, 2.45) is 5.92 Å². The summed E-state index contributed by atoms with van der Waals surface area (Å²) < 4.78 is 5.22. The van der Waals surface area contributed by atoms with E-state index in [0.29, 0.717) is 21.5 Å². The Hall–Kier alpha value is -1.71. The zero-order valence-corrected chi connectivity index (χ0v) is 16.1. The van der Waals surface area contributed by atoms with Crippen LogP contribution in [0.25, 0.3) is 0 Å². The highest BCUT2D eigenvalue weighted by Crippen LogP contribution is 2.38. The van der Waals surface area contributed by atoms with E-state index in [-0.39, 0.29) is 11.9 Å². The quantitative estimate of drug-likeness (QED) is 0.662. The number of carbonyl (C=O) groups excluding carboxylic acids is 1. The lowest BCUT2D eigenvalue weighted by Crippen LogP contribution is -2.40. The molecule has 2 aromatic carbocycles. The monoisotopic (exact) mass is 377 g/mol. The highest BCUT2D eigenvalue weighted by Gasteiger charge is 2.36. The molecule has 3 nitrogen and oxygen atoms in total. The van der Waals surface area contributed by atoms with Crippen LogP contribution in [-0.4, -0.2) is 19.1 Å². The second-order valence-electron chi connectivity index (χ2n) is 6.53. The molecule has 1 saturated carbocycles. The minimum atomic E-state index is -0.102. The third-order valence-electron chi connectivity index (χ3n) is 4.76. The number of methoxy groups -OCH3 is 1. The molecule has 132 valence electrons. The zero-order valence-electron chi connectivity index (χ0n) is 14.6. The summed E-state index contributed by atoms with van der Waals surface area (Å²) >= 11 is 12.4. The topological polar surface area (TPSA) is 29.5 Å². The molecular formula is C20H21Cl2NO2. The molecule has 25 heavy (non-hydrogen) atoms. The molecule has 0 radical (unpaired) electrons. The lowest BCUT2D eigenvalue weighted by Gasteiger charge is -2.30. The summed E-state index contributed by atoms with van der Waals surface area (Å²) in [4.78, 5) is 15.2. The van der Waals surface area contributed by atoms with Crippen molar-refractivity contribution in [3.8, 4) is 5.75 Å². The molecule has 0 N–H and O–H groups in total. The second kappa shape index (κ2) is 7.27. The van der Waals surface area contributed by atoms with Gasteiger partial charge in [0.15, 0.2) is 0 Å². The molecule has 2 aromatic rings. The van der Waals surface area contributed by atoms with Crippen LogP contribution in [0, 0.1) is 12.8 Å². The number of hydrogen-bond donors (Lipinski definition) is 0. The molecule has 3 rings (SSSR count). The van der Waals surface area contributed by atoms with E-state index in [0.717, 1.165) is 29.8 Å². The van der Waals surface area contributed by atoms with Crippen molar-refractivity contribution in [3.05, 3.63) is 57.6 Å². The SMILES string of the molecule is COc1ccc(N(C(=O)c2cc(C)c(Cl)cc2Cl)C(C)C2CC2)cc1. The Morgan fingerprint density at radius 3 is 2.36 bits per heavy atom. The van der Waals surface area contributed by atoms with Gasteiger partial charge in [0, 0.05) is 16.8 Å². The Morgan fingerprint density at radius 2 is 1.80 bits per heavy atom. The summed E-state index contributed by atoms with van der Waals surface area (Å²) in [6, 6.07) is 11.1. The van der Waals surface area contributed by atoms with Crippen molar-refractivity contribution >= 4 is 34.8 Å². The summed E-state index contributed by atoms with van der Waals surface area (Å²) in [5, 5.41) is 0.940. The number of aryl methyl sites for hydroxylation is 1.